The third-order valence-electron chi connectivity index (χ3n) is 4.76. The van der Waals surface area contributed by atoms with Gasteiger partial charge in [-0.1, -0.05) is 36.8 Å². The van der Waals surface area contributed by atoms with Crippen molar-refractivity contribution < 1.29 is 8.42 Å². The Morgan fingerprint density at radius 2 is 1.84 bits per heavy atom. The monoisotopic (exact) mass is 378 g/mol. The first-order chi connectivity index (χ1) is 12.1. The van der Waals surface area contributed by atoms with Crippen LogP contribution in [-0.4, -0.2) is 38.7 Å². The van der Waals surface area contributed by atoms with Crippen LogP contribution >= 0.6 is 11.3 Å². The summed E-state index contributed by atoms with van der Waals surface area (Å²) in [6.45, 7) is 2.55. The van der Waals surface area contributed by atoms with Gasteiger partial charge in [-0.25, -0.2) is 13.1 Å². The predicted octanol–water partition coefficient (Wildman–Crippen LogP) is 3.44. The molecule has 1 saturated heterocycles. The third-order valence-corrected chi connectivity index (χ3v) is 6.81. The highest BCUT2D eigenvalue weighted by atomic mass is 32.2. The van der Waals surface area contributed by atoms with Crippen molar-refractivity contribution >= 4 is 21.4 Å². The average Bonchev–Trinajstić information content (AvgIpc) is 3.16. The van der Waals surface area contributed by atoms with Crippen LogP contribution < -0.4 is 4.72 Å². The van der Waals surface area contributed by atoms with Crippen LogP contribution in [0.3, 0.4) is 0 Å². The minimum absolute atomic E-state index is 0.132. The smallest absolute Gasteiger partial charge is 0.211 e. The number of hydrogen-bond acceptors (Lipinski definition) is 4. The summed E-state index contributed by atoms with van der Waals surface area (Å²) >= 11 is 1.67. The Bertz CT molecular complexity index is 724. The molecule has 1 N–H and O–H groups in total. The number of likely N-dealkylation sites (tertiary alicyclic amines) is 1. The van der Waals surface area contributed by atoms with E-state index in [-0.39, 0.29) is 11.8 Å². The van der Waals surface area contributed by atoms with Gasteiger partial charge < -0.3 is 0 Å². The van der Waals surface area contributed by atoms with E-state index in [9.17, 15) is 8.42 Å². The van der Waals surface area contributed by atoms with Crippen molar-refractivity contribution in [2.24, 2.45) is 0 Å². The van der Waals surface area contributed by atoms with Gasteiger partial charge in [-0.2, -0.15) is 11.3 Å². The molecule has 2 heterocycles. The maximum atomic E-state index is 12.4. The van der Waals surface area contributed by atoms with Crippen LogP contribution in [0.25, 0.3) is 0 Å². The van der Waals surface area contributed by atoms with Gasteiger partial charge in [0.25, 0.3) is 0 Å². The van der Waals surface area contributed by atoms with Gasteiger partial charge in [0.2, 0.25) is 10.0 Å². The maximum absolute atomic E-state index is 12.4. The molecule has 3 rings (SSSR count). The summed E-state index contributed by atoms with van der Waals surface area (Å²) in [6, 6.07) is 12.0. The summed E-state index contributed by atoms with van der Waals surface area (Å²) in [4.78, 5) is 2.42. The van der Waals surface area contributed by atoms with Crippen LogP contribution in [0.15, 0.2) is 47.2 Å². The maximum Gasteiger partial charge on any atom is 0.211 e. The van der Waals surface area contributed by atoms with Crippen molar-refractivity contribution in [3.05, 3.63) is 58.3 Å². The molecule has 0 spiro atoms. The van der Waals surface area contributed by atoms with Gasteiger partial charge in [0.15, 0.2) is 0 Å². The molecular weight excluding hydrogens is 352 g/mol. The summed E-state index contributed by atoms with van der Waals surface area (Å²) < 4.78 is 27.7. The Hall–Kier alpha value is -1.21. The minimum atomic E-state index is -3.28. The largest absolute Gasteiger partial charge is 0.295 e. The lowest BCUT2D eigenvalue weighted by Crippen LogP contribution is -2.41. The summed E-state index contributed by atoms with van der Waals surface area (Å²) in [5, 5.41) is 4.20. The van der Waals surface area contributed by atoms with Gasteiger partial charge in [-0.05, 0) is 60.3 Å². The molecule has 1 fully saturated rings. The van der Waals surface area contributed by atoms with Gasteiger partial charge in [-0.15, -0.1) is 0 Å². The van der Waals surface area contributed by atoms with E-state index in [1.807, 2.05) is 30.3 Å². The molecule has 0 saturated carbocycles. The van der Waals surface area contributed by atoms with Gasteiger partial charge in [0.1, 0.15) is 0 Å². The molecule has 0 amide bonds. The van der Waals surface area contributed by atoms with Crippen molar-refractivity contribution in [3.63, 3.8) is 0 Å². The highest BCUT2D eigenvalue weighted by molar-refractivity contribution is 7.89. The Labute approximate surface area is 154 Å². The molecule has 0 radical (unpaired) electrons. The highest BCUT2D eigenvalue weighted by Crippen LogP contribution is 2.26. The lowest BCUT2D eigenvalue weighted by molar-refractivity contribution is 0.165. The van der Waals surface area contributed by atoms with Crippen LogP contribution in [0.4, 0.5) is 0 Å². The highest BCUT2D eigenvalue weighted by Gasteiger charge is 2.24. The number of aryl methyl sites for hydroxylation is 1. The lowest BCUT2D eigenvalue weighted by Gasteiger charge is -2.34. The molecule has 1 aromatic heterocycles. The van der Waals surface area contributed by atoms with Gasteiger partial charge in [0.05, 0.1) is 5.75 Å². The fourth-order valence-electron chi connectivity index (χ4n) is 3.33. The van der Waals surface area contributed by atoms with Crippen molar-refractivity contribution in [1.82, 2.24) is 9.62 Å². The second-order valence-electron chi connectivity index (χ2n) is 6.57. The predicted molar refractivity (Wildman–Crippen MR) is 104 cm³/mol. The van der Waals surface area contributed by atoms with E-state index in [2.05, 4.69) is 26.4 Å². The molecule has 1 atom stereocenters. The normalized spacial score (nSPS) is 17.4. The van der Waals surface area contributed by atoms with Gasteiger partial charge in [-0.3, -0.25) is 4.90 Å². The Morgan fingerprint density at radius 3 is 2.52 bits per heavy atom. The van der Waals surface area contributed by atoms with Crippen molar-refractivity contribution in [2.45, 2.75) is 31.7 Å². The van der Waals surface area contributed by atoms with Crippen molar-refractivity contribution in [2.75, 3.05) is 25.4 Å². The van der Waals surface area contributed by atoms with E-state index < -0.39 is 10.0 Å². The standard InChI is InChI=1S/C19H26N2O2S2/c22-25(23,14-10-17-7-3-1-4-8-17)20-15-19(18-9-13-24-16-18)21-11-5-2-6-12-21/h1,3-4,7-9,13,16,19-20H,2,5-6,10-12,14-15H2. The number of hydrogen-bond donors (Lipinski definition) is 1. The van der Waals surface area contributed by atoms with Crippen LogP contribution in [0.2, 0.25) is 0 Å². The summed E-state index contributed by atoms with van der Waals surface area (Å²) in [5.74, 6) is 0.132. The first-order valence-corrected chi connectivity index (χ1v) is 11.5. The number of benzene rings is 1. The number of sulfonamides is 1. The molecular formula is C19H26N2O2S2. The lowest BCUT2D eigenvalue weighted by atomic mass is 10.0. The van der Waals surface area contributed by atoms with Crippen molar-refractivity contribution in [1.29, 1.82) is 0 Å². The zero-order valence-electron chi connectivity index (χ0n) is 14.4. The Kier molecular flexibility index (Phi) is 6.64. The third kappa shape index (κ3) is 5.64. The summed E-state index contributed by atoms with van der Waals surface area (Å²) in [5.41, 5.74) is 2.27. The van der Waals surface area contributed by atoms with Crippen LogP contribution in [-0.2, 0) is 16.4 Å². The van der Waals surface area contributed by atoms with Crippen LogP contribution in [0.5, 0.6) is 0 Å². The zero-order valence-corrected chi connectivity index (χ0v) is 16.1. The van der Waals surface area contributed by atoms with Crippen molar-refractivity contribution in [3.8, 4) is 0 Å². The van der Waals surface area contributed by atoms with Crippen LogP contribution in [0, 0.1) is 0 Å². The second kappa shape index (κ2) is 8.94. The molecule has 2 aromatic rings. The number of piperidine rings is 1. The van der Waals surface area contributed by atoms with E-state index >= 15 is 0 Å². The molecule has 1 aliphatic heterocycles. The molecule has 6 heteroatoms. The number of nitrogens with zero attached hydrogens (tertiary/aromatic N) is 1. The van der Waals surface area contributed by atoms with Gasteiger partial charge >= 0.3 is 0 Å². The van der Waals surface area contributed by atoms with Crippen LogP contribution in [0.1, 0.15) is 36.4 Å². The van der Waals surface area contributed by atoms with E-state index in [4.69, 9.17) is 0 Å². The molecule has 0 bridgehead atoms. The topological polar surface area (TPSA) is 49.4 Å². The molecule has 4 nitrogen and oxygen atoms in total. The summed E-state index contributed by atoms with van der Waals surface area (Å²) in [7, 11) is -3.28. The second-order valence-corrected chi connectivity index (χ2v) is 9.28. The van der Waals surface area contributed by atoms with E-state index in [0.29, 0.717) is 13.0 Å². The average molecular weight is 379 g/mol. The first kappa shape index (κ1) is 18.6. The minimum Gasteiger partial charge on any atom is -0.295 e. The number of rotatable bonds is 8. The zero-order chi connectivity index (χ0) is 17.5. The quantitative estimate of drug-likeness (QED) is 0.765. The molecule has 0 aliphatic carbocycles. The number of thiophene rings is 1. The number of nitrogens with one attached hydrogen (secondary N) is 1. The molecule has 1 unspecified atom stereocenters. The van der Waals surface area contributed by atoms with E-state index in [1.165, 1.54) is 24.8 Å². The Morgan fingerprint density at radius 1 is 1.08 bits per heavy atom. The molecule has 1 aromatic carbocycles. The van der Waals surface area contributed by atoms with Gasteiger partial charge in [0, 0.05) is 12.6 Å². The van der Waals surface area contributed by atoms with E-state index in [1.54, 1.807) is 11.3 Å². The van der Waals surface area contributed by atoms with E-state index in [0.717, 1.165) is 18.7 Å². The Balaban J connectivity index is 1.59. The summed E-state index contributed by atoms with van der Waals surface area (Å²) in [6.07, 6.45) is 4.21. The SMILES string of the molecule is O=S(=O)(CCc1ccccc1)NCC(c1ccsc1)N1CCCCC1. The molecule has 1 aliphatic rings. The fourth-order valence-corrected chi connectivity index (χ4v) is 5.10. The fraction of sp³-hybridized carbons (Fsp3) is 0.474. The molecule has 25 heavy (non-hydrogen) atoms. The molecule has 136 valence electrons. The first-order valence-electron chi connectivity index (χ1n) is 8.91.